The summed E-state index contributed by atoms with van der Waals surface area (Å²) in [6.07, 6.45) is 0.154. The summed E-state index contributed by atoms with van der Waals surface area (Å²) in [5, 5.41) is 3.21. The third-order valence-electron chi connectivity index (χ3n) is 3.66. The number of amides is 1. The van der Waals surface area contributed by atoms with E-state index < -0.39 is 17.7 Å². The van der Waals surface area contributed by atoms with E-state index in [0.717, 1.165) is 0 Å². The standard InChI is InChI=1S/C20H25N3O3/c1-7-8-10-14-11-9-12-15-16(14)18(24)23(6)17(22-15)13(2)21-19(25)26-20(3,4)5/h9,11-13H,7H2,1-6H3,(H,21,25)/t13-/m0/s1. The molecule has 1 amide bonds. The van der Waals surface area contributed by atoms with Gasteiger partial charge in [-0.3, -0.25) is 9.36 Å². The maximum absolute atomic E-state index is 12.9. The first-order valence-electron chi connectivity index (χ1n) is 8.62. The molecule has 0 radical (unpaired) electrons. The van der Waals surface area contributed by atoms with Crippen LogP contribution in [0.2, 0.25) is 0 Å². The number of hydrogen-bond donors (Lipinski definition) is 1. The zero-order valence-electron chi connectivity index (χ0n) is 16.1. The molecule has 0 fully saturated rings. The lowest BCUT2D eigenvalue weighted by molar-refractivity contribution is 0.0505. The number of aromatic nitrogens is 2. The van der Waals surface area contributed by atoms with Crippen LogP contribution >= 0.6 is 0 Å². The van der Waals surface area contributed by atoms with E-state index in [1.165, 1.54) is 4.57 Å². The summed E-state index contributed by atoms with van der Waals surface area (Å²) in [6.45, 7) is 9.09. The Labute approximate surface area is 153 Å². The lowest BCUT2D eigenvalue weighted by Gasteiger charge is -2.22. The average molecular weight is 355 g/mol. The van der Waals surface area contributed by atoms with Gasteiger partial charge in [-0.15, -0.1) is 0 Å². The van der Waals surface area contributed by atoms with Gasteiger partial charge in [0.15, 0.2) is 0 Å². The fourth-order valence-electron chi connectivity index (χ4n) is 2.55. The van der Waals surface area contributed by atoms with Crippen molar-refractivity contribution in [2.24, 2.45) is 7.05 Å². The van der Waals surface area contributed by atoms with Crippen molar-refractivity contribution in [2.45, 2.75) is 52.7 Å². The second kappa shape index (κ2) is 7.61. The second-order valence-corrected chi connectivity index (χ2v) is 7.06. The van der Waals surface area contributed by atoms with Crippen molar-refractivity contribution in [2.75, 3.05) is 0 Å². The first-order chi connectivity index (χ1) is 12.1. The van der Waals surface area contributed by atoms with Gasteiger partial charge in [-0.05, 0) is 39.8 Å². The number of ether oxygens (including phenoxy) is 1. The lowest BCUT2D eigenvalue weighted by Crippen LogP contribution is -2.36. The van der Waals surface area contributed by atoms with Gasteiger partial charge in [0.05, 0.1) is 16.9 Å². The predicted molar refractivity (Wildman–Crippen MR) is 102 cm³/mol. The number of nitrogens with zero attached hydrogens (tertiary/aromatic N) is 2. The summed E-state index contributed by atoms with van der Waals surface area (Å²) < 4.78 is 6.71. The van der Waals surface area contributed by atoms with Crippen molar-refractivity contribution >= 4 is 17.0 Å². The Morgan fingerprint density at radius 2 is 2.08 bits per heavy atom. The molecule has 0 aliphatic carbocycles. The lowest BCUT2D eigenvalue weighted by atomic mass is 10.1. The van der Waals surface area contributed by atoms with Crippen molar-refractivity contribution in [3.05, 3.63) is 39.9 Å². The highest BCUT2D eigenvalue weighted by atomic mass is 16.6. The first-order valence-corrected chi connectivity index (χ1v) is 8.62. The van der Waals surface area contributed by atoms with Crippen molar-refractivity contribution in [3.63, 3.8) is 0 Å². The van der Waals surface area contributed by atoms with E-state index in [4.69, 9.17) is 4.74 Å². The molecule has 1 aromatic heterocycles. The van der Waals surface area contributed by atoms with E-state index >= 15 is 0 Å². The van der Waals surface area contributed by atoms with Gasteiger partial charge in [-0.1, -0.05) is 24.8 Å². The molecule has 0 aliphatic rings. The monoisotopic (exact) mass is 355 g/mol. The predicted octanol–water partition coefficient (Wildman–Crippen LogP) is 3.28. The summed E-state index contributed by atoms with van der Waals surface area (Å²) in [5.41, 5.74) is 0.434. The van der Waals surface area contributed by atoms with Crippen LogP contribution < -0.4 is 10.9 Å². The molecule has 1 atom stereocenters. The van der Waals surface area contributed by atoms with Crippen LogP contribution in [0, 0.1) is 11.8 Å². The minimum Gasteiger partial charge on any atom is -0.444 e. The summed E-state index contributed by atoms with van der Waals surface area (Å²) >= 11 is 0. The Morgan fingerprint density at radius 3 is 2.69 bits per heavy atom. The zero-order valence-corrected chi connectivity index (χ0v) is 16.1. The molecule has 0 saturated heterocycles. The molecule has 2 aromatic rings. The van der Waals surface area contributed by atoms with Gasteiger partial charge in [0.25, 0.3) is 5.56 Å². The fraction of sp³-hybridized carbons (Fsp3) is 0.450. The van der Waals surface area contributed by atoms with Crippen LogP contribution in [0.3, 0.4) is 0 Å². The van der Waals surface area contributed by atoms with Crippen molar-refractivity contribution in [3.8, 4) is 11.8 Å². The molecule has 2 rings (SSSR count). The van der Waals surface area contributed by atoms with Crippen molar-refractivity contribution in [1.82, 2.24) is 14.9 Å². The third kappa shape index (κ3) is 4.42. The van der Waals surface area contributed by atoms with Gasteiger partial charge in [-0.25, -0.2) is 9.78 Å². The SMILES string of the molecule is CCC#Cc1cccc2nc([C@H](C)NC(=O)OC(C)(C)C)n(C)c(=O)c12. The van der Waals surface area contributed by atoms with Gasteiger partial charge in [-0.2, -0.15) is 0 Å². The quantitative estimate of drug-likeness (QED) is 0.839. The Balaban J connectivity index is 2.45. The topological polar surface area (TPSA) is 73.2 Å². The molecular formula is C20H25N3O3. The van der Waals surface area contributed by atoms with Crippen LogP contribution in [0.25, 0.3) is 10.9 Å². The molecule has 0 saturated carbocycles. The highest BCUT2D eigenvalue weighted by Gasteiger charge is 2.21. The Bertz CT molecular complexity index is 943. The largest absolute Gasteiger partial charge is 0.444 e. The number of alkyl carbamates (subject to hydrolysis) is 1. The van der Waals surface area contributed by atoms with Gasteiger partial charge >= 0.3 is 6.09 Å². The van der Waals surface area contributed by atoms with Crippen LogP contribution in [-0.4, -0.2) is 21.2 Å². The Hall–Kier alpha value is -2.81. The minimum atomic E-state index is -0.598. The first kappa shape index (κ1) is 19.5. The molecule has 1 heterocycles. The van der Waals surface area contributed by atoms with E-state index in [1.54, 1.807) is 40.8 Å². The second-order valence-electron chi connectivity index (χ2n) is 7.06. The number of benzene rings is 1. The van der Waals surface area contributed by atoms with Gasteiger partial charge < -0.3 is 10.1 Å². The van der Waals surface area contributed by atoms with E-state index in [9.17, 15) is 9.59 Å². The van der Waals surface area contributed by atoms with Crippen molar-refractivity contribution < 1.29 is 9.53 Å². The molecule has 26 heavy (non-hydrogen) atoms. The van der Waals surface area contributed by atoms with Gasteiger partial charge in [0.1, 0.15) is 11.4 Å². The number of rotatable bonds is 2. The molecule has 0 aliphatic heterocycles. The number of hydrogen-bond acceptors (Lipinski definition) is 4. The molecular weight excluding hydrogens is 330 g/mol. The molecule has 0 unspecified atom stereocenters. The smallest absolute Gasteiger partial charge is 0.408 e. The summed E-state index contributed by atoms with van der Waals surface area (Å²) in [7, 11) is 1.64. The van der Waals surface area contributed by atoms with E-state index in [1.807, 2.05) is 19.1 Å². The average Bonchev–Trinajstić information content (AvgIpc) is 2.53. The molecule has 6 heteroatoms. The molecule has 0 spiro atoms. The molecule has 6 nitrogen and oxygen atoms in total. The summed E-state index contributed by atoms with van der Waals surface area (Å²) in [4.78, 5) is 29.4. The maximum atomic E-state index is 12.9. The van der Waals surface area contributed by atoms with E-state index in [2.05, 4.69) is 22.1 Å². The molecule has 138 valence electrons. The third-order valence-corrected chi connectivity index (χ3v) is 3.66. The highest BCUT2D eigenvalue weighted by molar-refractivity contribution is 5.84. The molecule has 1 aromatic carbocycles. The Morgan fingerprint density at radius 1 is 1.38 bits per heavy atom. The van der Waals surface area contributed by atoms with Crippen LogP contribution in [-0.2, 0) is 11.8 Å². The number of carbonyl (C=O) groups excluding carboxylic acids is 1. The molecule has 1 N–H and O–H groups in total. The summed E-state index contributed by atoms with van der Waals surface area (Å²) in [5.74, 6) is 6.46. The maximum Gasteiger partial charge on any atom is 0.408 e. The number of carbonyl (C=O) groups is 1. The Kier molecular flexibility index (Phi) is 5.71. The number of nitrogens with one attached hydrogen (secondary N) is 1. The summed E-state index contributed by atoms with van der Waals surface area (Å²) in [6, 6.07) is 4.93. The number of fused-ring (bicyclic) bond motifs is 1. The van der Waals surface area contributed by atoms with Crippen LogP contribution in [0.1, 0.15) is 58.5 Å². The van der Waals surface area contributed by atoms with E-state index in [-0.39, 0.29) is 5.56 Å². The van der Waals surface area contributed by atoms with E-state index in [0.29, 0.717) is 28.7 Å². The van der Waals surface area contributed by atoms with Crippen LogP contribution in [0.4, 0.5) is 4.79 Å². The van der Waals surface area contributed by atoms with Gasteiger partial charge in [0, 0.05) is 19.0 Å². The zero-order chi connectivity index (χ0) is 19.5. The van der Waals surface area contributed by atoms with Crippen LogP contribution in [0.5, 0.6) is 0 Å². The minimum absolute atomic E-state index is 0.191. The van der Waals surface area contributed by atoms with Gasteiger partial charge in [0.2, 0.25) is 0 Å². The molecule has 0 bridgehead atoms. The highest BCUT2D eigenvalue weighted by Crippen LogP contribution is 2.17. The normalized spacial score (nSPS) is 12.2. The fourth-order valence-corrected chi connectivity index (χ4v) is 2.55. The van der Waals surface area contributed by atoms with Crippen LogP contribution in [0.15, 0.2) is 23.0 Å². The van der Waals surface area contributed by atoms with Crippen molar-refractivity contribution in [1.29, 1.82) is 0 Å².